The van der Waals surface area contributed by atoms with E-state index in [1.807, 2.05) is 13.0 Å². The van der Waals surface area contributed by atoms with E-state index in [-0.39, 0.29) is 0 Å². The van der Waals surface area contributed by atoms with E-state index in [2.05, 4.69) is 55.0 Å². The largest absolute Gasteiger partial charge is 0.369 e. The summed E-state index contributed by atoms with van der Waals surface area (Å²) < 4.78 is 0.936. The summed E-state index contributed by atoms with van der Waals surface area (Å²) >= 11 is 3.60. The van der Waals surface area contributed by atoms with Crippen LogP contribution in [0.1, 0.15) is 26.5 Å². The van der Waals surface area contributed by atoms with Gasteiger partial charge in [-0.3, -0.25) is 0 Å². The molecule has 0 atom stereocenters. The van der Waals surface area contributed by atoms with E-state index in [9.17, 15) is 0 Å². The SMILES string of the molecule is CCNc1nc(-c2ccncn2)nc(CC(C)C)c1Br. The van der Waals surface area contributed by atoms with E-state index in [1.54, 1.807) is 6.20 Å². The molecule has 0 aliphatic heterocycles. The molecule has 0 unspecified atom stereocenters. The molecule has 0 aliphatic rings. The lowest BCUT2D eigenvalue weighted by atomic mass is 10.1. The molecule has 0 radical (unpaired) electrons. The lowest BCUT2D eigenvalue weighted by Crippen LogP contribution is -2.08. The maximum absolute atomic E-state index is 4.64. The van der Waals surface area contributed by atoms with Gasteiger partial charge in [0.2, 0.25) is 0 Å². The highest BCUT2D eigenvalue weighted by Gasteiger charge is 2.14. The van der Waals surface area contributed by atoms with Gasteiger partial charge in [-0.15, -0.1) is 0 Å². The molecule has 0 bridgehead atoms. The Labute approximate surface area is 127 Å². The summed E-state index contributed by atoms with van der Waals surface area (Å²) in [5.74, 6) is 1.96. The third kappa shape index (κ3) is 3.50. The fourth-order valence-electron chi connectivity index (χ4n) is 1.84. The van der Waals surface area contributed by atoms with Crippen molar-refractivity contribution in [3.05, 3.63) is 28.8 Å². The zero-order chi connectivity index (χ0) is 14.5. The number of nitrogens with zero attached hydrogens (tertiary/aromatic N) is 4. The van der Waals surface area contributed by atoms with Crippen molar-refractivity contribution in [2.75, 3.05) is 11.9 Å². The average molecular weight is 336 g/mol. The number of aromatic nitrogens is 4. The predicted octanol–water partition coefficient (Wildman–Crippen LogP) is 3.33. The highest BCUT2D eigenvalue weighted by Crippen LogP contribution is 2.28. The number of hydrogen-bond acceptors (Lipinski definition) is 5. The van der Waals surface area contributed by atoms with Crippen LogP contribution >= 0.6 is 15.9 Å². The first-order chi connectivity index (χ1) is 9.61. The minimum Gasteiger partial charge on any atom is -0.369 e. The Morgan fingerprint density at radius 2 is 2.10 bits per heavy atom. The fourth-order valence-corrected chi connectivity index (χ4v) is 2.32. The molecule has 0 amide bonds. The van der Waals surface area contributed by atoms with Gasteiger partial charge in [0.15, 0.2) is 5.82 Å². The maximum atomic E-state index is 4.64. The van der Waals surface area contributed by atoms with E-state index >= 15 is 0 Å². The second-order valence-corrected chi connectivity index (χ2v) is 5.67. The first kappa shape index (κ1) is 14.8. The van der Waals surface area contributed by atoms with Crippen LogP contribution in [0.25, 0.3) is 11.5 Å². The van der Waals surface area contributed by atoms with Crippen LogP contribution in [-0.2, 0) is 6.42 Å². The van der Waals surface area contributed by atoms with Crippen LogP contribution in [0, 0.1) is 5.92 Å². The van der Waals surface area contributed by atoms with Gasteiger partial charge in [-0.1, -0.05) is 13.8 Å². The van der Waals surface area contributed by atoms with Gasteiger partial charge in [0.25, 0.3) is 0 Å². The molecular weight excluding hydrogens is 318 g/mol. The second kappa shape index (κ2) is 6.74. The molecule has 0 aromatic carbocycles. The molecule has 0 spiro atoms. The van der Waals surface area contributed by atoms with Crippen LogP contribution in [0.4, 0.5) is 5.82 Å². The molecule has 2 heterocycles. The monoisotopic (exact) mass is 335 g/mol. The molecule has 6 heteroatoms. The number of rotatable bonds is 5. The van der Waals surface area contributed by atoms with E-state index in [4.69, 9.17) is 0 Å². The summed E-state index contributed by atoms with van der Waals surface area (Å²) in [6.07, 6.45) is 4.10. The van der Waals surface area contributed by atoms with Crippen molar-refractivity contribution in [1.82, 2.24) is 19.9 Å². The van der Waals surface area contributed by atoms with E-state index in [0.717, 1.165) is 34.6 Å². The Bertz CT molecular complexity index is 571. The fraction of sp³-hybridized carbons (Fsp3) is 0.429. The molecule has 0 saturated carbocycles. The molecule has 1 N–H and O–H groups in total. The van der Waals surface area contributed by atoms with Gasteiger partial charge >= 0.3 is 0 Å². The number of anilines is 1. The third-order valence-electron chi connectivity index (χ3n) is 2.68. The Kier molecular flexibility index (Phi) is 5.00. The van der Waals surface area contributed by atoms with E-state index in [0.29, 0.717) is 11.7 Å². The summed E-state index contributed by atoms with van der Waals surface area (Å²) in [7, 11) is 0. The van der Waals surface area contributed by atoms with E-state index in [1.165, 1.54) is 6.33 Å². The topological polar surface area (TPSA) is 63.6 Å². The highest BCUT2D eigenvalue weighted by atomic mass is 79.9. The third-order valence-corrected chi connectivity index (χ3v) is 3.51. The maximum Gasteiger partial charge on any atom is 0.180 e. The van der Waals surface area contributed by atoms with Crippen molar-refractivity contribution in [3.63, 3.8) is 0 Å². The zero-order valence-corrected chi connectivity index (χ0v) is 13.5. The van der Waals surface area contributed by atoms with Crippen molar-refractivity contribution in [2.24, 2.45) is 5.92 Å². The molecule has 20 heavy (non-hydrogen) atoms. The number of nitrogens with one attached hydrogen (secondary N) is 1. The quantitative estimate of drug-likeness (QED) is 0.907. The zero-order valence-electron chi connectivity index (χ0n) is 11.9. The molecular formula is C14H18BrN5. The molecule has 5 nitrogen and oxygen atoms in total. The lowest BCUT2D eigenvalue weighted by Gasteiger charge is -2.13. The number of hydrogen-bond donors (Lipinski definition) is 1. The molecule has 106 valence electrons. The van der Waals surface area contributed by atoms with Crippen LogP contribution in [0.5, 0.6) is 0 Å². The van der Waals surface area contributed by atoms with Crippen LogP contribution < -0.4 is 5.32 Å². The number of halogens is 1. The molecule has 0 fully saturated rings. The van der Waals surface area contributed by atoms with Crippen LogP contribution in [0.3, 0.4) is 0 Å². The minimum atomic E-state index is 0.522. The summed E-state index contributed by atoms with van der Waals surface area (Å²) in [5, 5.41) is 3.26. The summed E-state index contributed by atoms with van der Waals surface area (Å²) in [4.78, 5) is 17.3. The highest BCUT2D eigenvalue weighted by molar-refractivity contribution is 9.10. The van der Waals surface area contributed by atoms with Crippen molar-refractivity contribution >= 4 is 21.7 Å². The van der Waals surface area contributed by atoms with Crippen LogP contribution in [0.15, 0.2) is 23.1 Å². The Balaban J connectivity index is 2.49. The first-order valence-corrected chi connectivity index (χ1v) is 7.47. The summed E-state index contributed by atoms with van der Waals surface area (Å²) in [6, 6.07) is 1.82. The molecule has 2 aromatic heterocycles. The summed E-state index contributed by atoms with van der Waals surface area (Å²) in [5.41, 5.74) is 1.73. The smallest absolute Gasteiger partial charge is 0.180 e. The Morgan fingerprint density at radius 1 is 1.30 bits per heavy atom. The molecule has 0 saturated heterocycles. The van der Waals surface area contributed by atoms with Crippen LogP contribution in [-0.4, -0.2) is 26.5 Å². The average Bonchev–Trinajstić information content (AvgIpc) is 2.44. The van der Waals surface area contributed by atoms with Gasteiger partial charge in [-0.25, -0.2) is 19.9 Å². The second-order valence-electron chi connectivity index (χ2n) is 4.88. The van der Waals surface area contributed by atoms with Gasteiger partial charge < -0.3 is 5.32 Å². The molecule has 2 aromatic rings. The molecule has 2 rings (SSSR count). The van der Waals surface area contributed by atoms with Crippen molar-refractivity contribution < 1.29 is 0 Å². The standard InChI is InChI=1S/C14H18BrN5/c1-4-17-14-12(15)11(7-9(2)3)19-13(20-14)10-5-6-16-8-18-10/h5-6,8-9H,4,7H2,1-3H3,(H,17,19,20). The normalized spacial score (nSPS) is 10.8. The van der Waals surface area contributed by atoms with Gasteiger partial charge in [0, 0.05) is 12.7 Å². The Morgan fingerprint density at radius 3 is 2.70 bits per heavy atom. The Hall–Kier alpha value is -1.56. The van der Waals surface area contributed by atoms with E-state index < -0.39 is 0 Å². The molecule has 0 aliphatic carbocycles. The van der Waals surface area contributed by atoms with Gasteiger partial charge in [0.05, 0.1) is 10.2 Å². The minimum absolute atomic E-state index is 0.522. The summed E-state index contributed by atoms with van der Waals surface area (Å²) in [6.45, 7) is 7.19. The lowest BCUT2D eigenvalue weighted by molar-refractivity contribution is 0.632. The predicted molar refractivity (Wildman–Crippen MR) is 83.5 cm³/mol. The van der Waals surface area contributed by atoms with Crippen LogP contribution in [0.2, 0.25) is 0 Å². The van der Waals surface area contributed by atoms with Crippen molar-refractivity contribution in [2.45, 2.75) is 27.2 Å². The van der Waals surface area contributed by atoms with Crippen molar-refractivity contribution in [1.29, 1.82) is 0 Å². The van der Waals surface area contributed by atoms with Crippen molar-refractivity contribution in [3.8, 4) is 11.5 Å². The van der Waals surface area contributed by atoms with Gasteiger partial charge in [0.1, 0.15) is 17.8 Å². The van der Waals surface area contributed by atoms with Gasteiger partial charge in [-0.05, 0) is 41.3 Å². The first-order valence-electron chi connectivity index (χ1n) is 6.68. The van der Waals surface area contributed by atoms with Gasteiger partial charge in [-0.2, -0.15) is 0 Å².